The van der Waals surface area contributed by atoms with Gasteiger partial charge in [0, 0.05) is 36.7 Å². The Labute approximate surface area is 121 Å². The van der Waals surface area contributed by atoms with Gasteiger partial charge in [0.1, 0.15) is 0 Å². The number of hydrogen-bond acceptors (Lipinski definition) is 3. The Bertz CT molecular complexity index is 492. The highest BCUT2D eigenvalue weighted by atomic mass is 15.3. The van der Waals surface area contributed by atoms with Crippen LogP contribution < -0.4 is 5.32 Å². The third-order valence-corrected chi connectivity index (χ3v) is 3.40. The van der Waals surface area contributed by atoms with Gasteiger partial charge in [-0.1, -0.05) is 19.9 Å². The number of nitrogens with zero attached hydrogens (tertiary/aromatic N) is 3. The molecule has 0 saturated heterocycles. The standard InChI is InChI=1S/C16H24N4/c1-3-10-20-13-15(12-19-20)16(18-4-2)8-7-14-6-5-9-17-11-14/h5-6,9,11-13,16,18H,3-4,7-8,10H2,1-2H3. The van der Waals surface area contributed by atoms with Crippen molar-refractivity contribution >= 4 is 0 Å². The molecule has 0 aliphatic carbocycles. The van der Waals surface area contributed by atoms with E-state index < -0.39 is 0 Å². The zero-order valence-corrected chi connectivity index (χ0v) is 12.4. The Kier molecular flexibility index (Phi) is 5.74. The van der Waals surface area contributed by atoms with Gasteiger partial charge in [-0.05, 0) is 37.4 Å². The fourth-order valence-electron chi connectivity index (χ4n) is 2.40. The first-order chi connectivity index (χ1) is 9.83. The summed E-state index contributed by atoms with van der Waals surface area (Å²) in [4.78, 5) is 4.17. The normalized spacial score (nSPS) is 12.5. The van der Waals surface area contributed by atoms with Crippen molar-refractivity contribution in [2.24, 2.45) is 0 Å². The van der Waals surface area contributed by atoms with Crippen LogP contribution in [0.3, 0.4) is 0 Å². The summed E-state index contributed by atoms with van der Waals surface area (Å²) < 4.78 is 2.03. The van der Waals surface area contributed by atoms with Gasteiger partial charge < -0.3 is 5.32 Å². The lowest BCUT2D eigenvalue weighted by Gasteiger charge is -2.16. The van der Waals surface area contributed by atoms with E-state index in [0.717, 1.165) is 32.4 Å². The van der Waals surface area contributed by atoms with E-state index in [1.807, 2.05) is 29.3 Å². The molecule has 4 heteroatoms. The van der Waals surface area contributed by atoms with Crippen molar-refractivity contribution in [3.8, 4) is 0 Å². The van der Waals surface area contributed by atoms with E-state index in [1.165, 1.54) is 11.1 Å². The molecule has 0 amide bonds. The quantitative estimate of drug-likeness (QED) is 0.803. The second-order valence-corrected chi connectivity index (χ2v) is 5.05. The molecule has 0 radical (unpaired) electrons. The maximum Gasteiger partial charge on any atom is 0.0537 e. The average Bonchev–Trinajstić information content (AvgIpc) is 2.93. The van der Waals surface area contributed by atoms with Crippen LogP contribution >= 0.6 is 0 Å². The summed E-state index contributed by atoms with van der Waals surface area (Å²) in [7, 11) is 0. The summed E-state index contributed by atoms with van der Waals surface area (Å²) in [5.41, 5.74) is 2.57. The Hall–Kier alpha value is -1.68. The zero-order chi connectivity index (χ0) is 14.2. The third-order valence-electron chi connectivity index (χ3n) is 3.40. The van der Waals surface area contributed by atoms with Crippen LogP contribution in [0.4, 0.5) is 0 Å². The molecule has 0 saturated carbocycles. The first-order valence-electron chi connectivity index (χ1n) is 7.48. The van der Waals surface area contributed by atoms with Crippen molar-refractivity contribution in [1.82, 2.24) is 20.1 Å². The van der Waals surface area contributed by atoms with Gasteiger partial charge in [0.25, 0.3) is 0 Å². The summed E-state index contributed by atoms with van der Waals surface area (Å²) in [5, 5.41) is 7.98. The summed E-state index contributed by atoms with van der Waals surface area (Å²) >= 11 is 0. The molecule has 0 bridgehead atoms. The molecule has 1 N–H and O–H groups in total. The number of aryl methyl sites for hydroxylation is 2. The minimum absolute atomic E-state index is 0.366. The van der Waals surface area contributed by atoms with Gasteiger partial charge in [-0.25, -0.2) is 0 Å². The largest absolute Gasteiger partial charge is 0.310 e. The lowest BCUT2D eigenvalue weighted by molar-refractivity contribution is 0.513. The summed E-state index contributed by atoms with van der Waals surface area (Å²) in [5.74, 6) is 0. The van der Waals surface area contributed by atoms with Gasteiger partial charge in [0.15, 0.2) is 0 Å². The number of pyridine rings is 1. The predicted molar refractivity (Wildman–Crippen MR) is 81.5 cm³/mol. The second kappa shape index (κ2) is 7.80. The highest BCUT2D eigenvalue weighted by Crippen LogP contribution is 2.18. The van der Waals surface area contributed by atoms with Gasteiger partial charge in [0.2, 0.25) is 0 Å². The van der Waals surface area contributed by atoms with Gasteiger partial charge in [-0.3, -0.25) is 9.67 Å². The summed E-state index contributed by atoms with van der Waals surface area (Å²) in [6, 6.07) is 4.50. The minimum Gasteiger partial charge on any atom is -0.310 e. The molecule has 2 rings (SSSR count). The predicted octanol–water partition coefficient (Wildman–Crippen LogP) is 2.97. The maximum absolute atomic E-state index is 4.43. The fraction of sp³-hybridized carbons (Fsp3) is 0.500. The van der Waals surface area contributed by atoms with E-state index in [1.54, 1.807) is 0 Å². The van der Waals surface area contributed by atoms with E-state index in [2.05, 4.69) is 41.5 Å². The molecule has 20 heavy (non-hydrogen) atoms. The van der Waals surface area contributed by atoms with Crippen molar-refractivity contribution in [2.45, 2.75) is 45.7 Å². The summed E-state index contributed by atoms with van der Waals surface area (Å²) in [6.45, 7) is 6.27. The second-order valence-electron chi connectivity index (χ2n) is 5.05. The highest BCUT2D eigenvalue weighted by Gasteiger charge is 2.12. The minimum atomic E-state index is 0.366. The molecule has 0 aliphatic heterocycles. The van der Waals surface area contributed by atoms with Gasteiger partial charge in [-0.2, -0.15) is 5.10 Å². The van der Waals surface area contributed by atoms with Crippen molar-refractivity contribution in [1.29, 1.82) is 0 Å². The van der Waals surface area contributed by atoms with Crippen LogP contribution in [-0.4, -0.2) is 21.3 Å². The number of rotatable bonds is 8. The smallest absolute Gasteiger partial charge is 0.0537 e. The van der Waals surface area contributed by atoms with E-state index in [0.29, 0.717) is 6.04 Å². The van der Waals surface area contributed by atoms with Crippen LogP contribution in [0, 0.1) is 0 Å². The van der Waals surface area contributed by atoms with Crippen molar-refractivity contribution in [2.75, 3.05) is 6.54 Å². The molecule has 1 unspecified atom stereocenters. The number of nitrogens with one attached hydrogen (secondary N) is 1. The molecule has 0 fully saturated rings. The molecule has 2 aromatic rings. The Morgan fingerprint density at radius 2 is 2.20 bits per heavy atom. The van der Waals surface area contributed by atoms with Crippen LogP contribution in [0.5, 0.6) is 0 Å². The van der Waals surface area contributed by atoms with E-state index in [4.69, 9.17) is 0 Å². The van der Waals surface area contributed by atoms with Gasteiger partial charge in [-0.15, -0.1) is 0 Å². The Balaban J connectivity index is 1.98. The van der Waals surface area contributed by atoms with E-state index in [-0.39, 0.29) is 0 Å². The van der Waals surface area contributed by atoms with E-state index in [9.17, 15) is 0 Å². The first kappa shape index (κ1) is 14.7. The molecule has 2 heterocycles. The van der Waals surface area contributed by atoms with Crippen LogP contribution in [0.1, 0.15) is 43.9 Å². The van der Waals surface area contributed by atoms with Crippen LogP contribution in [0.25, 0.3) is 0 Å². The van der Waals surface area contributed by atoms with Crippen molar-refractivity contribution < 1.29 is 0 Å². The lowest BCUT2D eigenvalue weighted by Crippen LogP contribution is -2.21. The lowest BCUT2D eigenvalue weighted by atomic mass is 10.0. The molecule has 0 aliphatic rings. The molecular formula is C16H24N4. The first-order valence-corrected chi connectivity index (χ1v) is 7.48. The van der Waals surface area contributed by atoms with E-state index >= 15 is 0 Å². The maximum atomic E-state index is 4.43. The number of aromatic nitrogens is 3. The average molecular weight is 272 g/mol. The van der Waals surface area contributed by atoms with Crippen LogP contribution in [0.15, 0.2) is 36.9 Å². The highest BCUT2D eigenvalue weighted by molar-refractivity contribution is 5.13. The molecule has 4 nitrogen and oxygen atoms in total. The SMILES string of the molecule is CCCn1cc(C(CCc2cccnc2)NCC)cn1. The molecule has 0 spiro atoms. The monoisotopic (exact) mass is 272 g/mol. The molecule has 2 aromatic heterocycles. The molecule has 1 atom stereocenters. The molecule has 0 aromatic carbocycles. The third kappa shape index (κ3) is 4.17. The topological polar surface area (TPSA) is 42.7 Å². The Morgan fingerprint density at radius 3 is 2.90 bits per heavy atom. The Morgan fingerprint density at radius 1 is 1.30 bits per heavy atom. The molecular weight excluding hydrogens is 248 g/mol. The van der Waals surface area contributed by atoms with Gasteiger partial charge >= 0.3 is 0 Å². The molecule has 108 valence electrons. The van der Waals surface area contributed by atoms with Crippen LogP contribution in [0.2, 0.25) is 0 Å². The zero-order valence-electron chi connectivity index (χ0n) is 12.4. The van der Waals surface area contributed by atoms with Crippen LogP contribution in [-0.2, 0) is 13.0 Å². The van der Waals surface area contributed by atoms with Crippen molar-refractivity contribution in [3.63, 3.8) is 0 Å². The van der Waals surface area contributed by atoms with Gasteiger partial charge in [0.05, 0.1) is 6.20 Å². The summed E-state index contributed by atoms with van der Waals surface area (Å²) in [6.07, 6.45) is 11.1. The number of hydrogen-bond donors (Lipinski definition) is 1. The van der Waals surface area contributed by atoms with Crippen molar-refractivity contribution in [3.05, 3.63) is 48.0 Å². The fourth-order valence-corrected chi connectivity index (χ4v) is 2.40.